The zero-order chi connectivity index (χ0) is 21.8. The molecule has 1 amide bonds. The predicted octanol–water partition coefficient (Wildman–Crippen LogP) is 4.16. The highest BCUT2D eigenvalue weighted by molar-refractivity contribution is 8.15. The van der Waals surface area contributed by atoms with Gasteiger partial charge in [0.25, 0.3) is 0 Å². The van der Waals surface area contributed by atoms with Gasteiger partial charge in [-0.3, -0.25) is 10.2 Å². The Hall–Kier alpha value is -2.45. The summed E-state index contributed by atoms with van der Waals surface area (Å²) in [6.07, 6.45) is 2.69. The summed E-state index contributed by atoms with van der Waals surface area (Å²) in [4.78, 5) is 12.1. The van der Waals surface area contributed by atoms with Crippen LogP contribution < -0.4 is 15.4 Å². The third-order valence-electron chi connectivity index (χ3n) is 5.76. The van der Waals surface area contributed by atoms with E-state index in [1.807, 2.05) is 24.3 Å². The molecule has 3 N–H and O–H groups in total. The van der Waals surface area contributed by atoms with E-state index in [-0.39, 0.29) is 16.5 Å². The summed E-state index contributed by atoms with van der Waals surface area (Å²) in [7, 11) is 0. The molecule has 1 atom stereocenters. The molecule has 0 radical (unpaired) electrons. The molecule has 1 unspecified atom stereocenters. The lowest BCUT2D eigenvalue weighted by Crippen LogP contribution is -2.48. The van der Waals surface area contributed by atoms with Gasteiger partial charge < -0.3 is 15.4 Å². The Balaban J connectivity index is 1.63. The molecule has 5 nitrogen and oxygen atoms in total. The van der Waals surface area contributed by atoms with Gasteiger partial charge in [0.05, 0.1) is 11.7 Å². The van der Waals surface area contributed by atoms with Crippen molar-refractivity contribution in [3.63, 3.8) is 0 Å². The number of para-hydroxylation sites is 1. The second kappa shape index (κ2) is 9.36. The molecule has 2 aliphatic rings. The Morgan fingerprint density at radius 2 is 2.00 bits per heavy atom. The van der Waals surface area contributed by atoms with E-state index < -0.39 is 16.5 Å². The van der Waals surface area contributed by atoms with Gasteiger partial charge in [0.1, 0.15) is 22.3 Å². The number of thioether (sulfide) groups is 1. The molecule has 2 aromatic carbocycles. The molecule has 0 aromatic heterocycles. The maximum atomic E-state index is 14.3. The third-order valence-corrected chi connectivity index (χ3v) is 7.06. The van der Waals surface area contributed by atoms with Crippen molar-refractivity contribution in [3.05, 3.63) is 65.2 Å². The number of benzene rings is 2. The number of halogens is 2. The van der Waals surface area contributed by atoms with Crippen LogP contribution in [0.3, 0.4) is 0 Å². The number of rotatable bonds is 5. The zero-order valence-electron chi connectivity index (χ0n) is 17.0. The lowest BCUT2D eigenvalue weighted by molar-refractivity contribution is -0.123. The summed E-state index contributed by atoms with van der Waals surface area (Å²) in [6.45, 7) is 2.15. The Morgan fingerprint density at radius 1 is 1.23 bits per heavy atom. The van der Waals surface area contributed by atoms with E-state index in [1.54, 1.807) is 0 Å². The average Bonchev–Trinajstić information content (AvgIpc) is 2.76. The first kappa shape index (κ1) is 21.8. The highest BCUT2D eigenvalue weighted by Gasteiger charge is 2.41. The van der Waals surface area contributed by atoms with Crippen molar-refractivity contribution in [2.75, 3.05) is 19.7 Å². The van der Waals surface area contributed by atoms with Crippen LogP contribution in [-0.2, 0) is 9.67 Å². The molecule has 2 aromatic rings. The molecule has 1 fully saturated rings. The monoisotopic (exact) mass is 445 g/mol. The lowest BCUT2D eigenvalue weighted by Gasteiger charge is -2.39. The minimum absolute atomic E-state index is 0.108. The topological polar surface area (TPSA) is 74.2 Å². The fourth-order valence-electron chi connectivity index (χ4n) is 4.15. The number of nitrogens with one attached hydrogen (secondary N) is 3. The SMILES string of the molecule is N=C(SC1(NC(=O)CC2CCNCC2)CCOc2ccccc21)c1cc(F)ccc1F. The molecule has 8 heteroatoms. The van der Waals surface area contributed by atoms with Gasteiger partial charge in [0, 0.05) is 24.0 Å². The molecular formula is C23H25F2N3O2S. The fourth-order valence-corrected chi connectivity index (χ4v) is 5.40. The van der Waals surface area contributed by atoms with E-state index >= 15 is 0 Å². The summed E-state index contributed by atoms with van der Waals surface area (Å²) < 4.78 is 33.8. The molecule has 0 bridgehead atoms. The second-order valence-electron chi connectivity index (χ2n) is 7.92. The minimum Gasteiger partial charge on any atom is -0.493 e. The molecule has 0 saturated carbocycles. The molecule has 164 valence electrons. The molecule has 31 heavy (non-hydrogen) atoms. The van der Waals surface area contributed by atoms with Crippen molar-refractivity contribution in [3.8, 4) is 5.75 Å². The number of carbonyl (C=O) groups is 1. The molecule has 4 rings (SSSR count). The van der Waals surface area contributed by atoms with Crippen LogP contribution in [0.5, 0.6) is 5.75 Å². The highest BCUT2D eigenvalue weighted by atomic mass is 32.2. The maximum absolute atomic E-state index is 14.3. The number of ether oxygens (including phenoxy) is 1. The van der Waals surface area contributed by atoms with E-state index in [0.29, 0.717) is 31.1 Å². The fraction of sp³-hybridized carbons (Fsp3) is 0.391. The van der Waals surface area contributed by atoms with Crippen LogP contribution in [0.2, 0.25) is 0 Å². The van der Waals surface area contributed by atoms with Crippen molar-refractivity contribution in [1.82, 2.24) is 10.6 Å². The van der Waals surface area contributed by atoms with Crippen molar-refractivity contribution >= 4 is 22.7 Å². The lowest BCUT2D eigenvalue weighted by atomic mass is 9.93. The molecule has 0 aliphatic carbocycles. The third kappa shape index (κ3) is 4.91. The van der Waals surface area contributed by atoms with E-state index in [2.05, 4.69) is 10.6 Å². The highest BCUT2D eigenvalue weighted by Crippen LogP contribution is 2.46. The first-order valence-electron chi connectivity index (χ1n) is 10.4. The maximum Gasteiger partial charge on any atom is 0.221 e. The van der Waals surface area contributed by atoms with Crippen LogP contribution in [-0.4, -0.2) is 30.6 Å². The van der Waals surface area contributed by atoms with Gasteiger partial charge in [-0.1, -0.05) is 30.0 Å². The van der Waals surface area contributed by atoms with Crippen molar-refractivity contribution in [2.45, 2.75) is 30.6 Å². The van der Waals surface area contributed by atoms with E-state index in [0.717, 1.165) is 61.5 Å². The van der Waals surface area contributed by atoms with Crippen LogP contribution in [0.4, 0.5) is 8.78 Å². The van der Waals surface area contributed by atoms with E-state index in [1.165, 1.54) is 0 Å². The van der Waals surface area contributed by atoms with Gasteiger partial charge >= 0.3 is 0 Å². The van der Waals surface area contributed by atoms with Crippen LogP contribution >= 0.6 is 11.8 Å². The van der Waals surface area contributed by atoms with E-state index in [9.17, 15) is 13.6 Å². The van der Waals surface area contributed by atoms with E-state index in [4.69, 9.17) is 10.1 Å². The first-order chi connectivity index (χ1) is 15.0. The van der Waals surface area contributed by atoms with Gasteiger partial charge in [0.15, 0.2) is 0 Å². The Labute approximate surface area is 184 Å². The largest absolute Gasteiger partial charge is 0.493 e. The summed E-state index contributed by atoms with van der Waals surface area (Å²) in [5.41, 5.74) is 0.604. The summed E-state index contributed by atoms with van der Waals surface area (Å²) in [6, 6.07) is 10.4. The minimum atomic E-state index is -0.991. The summed E-state index contributed by atoms with van der Waals surface area (Å²) >= 11 is 1.03. The van der Waals surface area contributed by atoms with Crippen molar-refractivity contribution in [1.29, 1.82) is 5.41 Å². The number of piperidine rings is 1. The van der Waals surface area contributed by atoms with Crippen molar-refractivity contribution in [2.24, 2.45) is 5.92 Å². The number of amides is 1. The number of fused-ring (bicyclic) bond motifs is 1. The Morgan fingerprint density at radius 3 is 2.81 bits per heavy atom. The van der Waals surface area contributed by atoms with Gasteiger partial charge in [-0.05, 0) is 56.1 Å². The van der Waals surface area contributed by atoms with Crippen LogP contribution in [0.15, 0.2) is 42.5 Å². The second-order valence-corrected chi connectivity index (χ2v) is 9.23. The zero-order valence-corrected chi connectivity index (χ0v) is 17.9. The molecule has 1 saturated heterocycles. The van der Waals surface area contributed by atoms with Gasteiger partial charge in [-0.25, -0.2) is 8.78 Å². The Bertz CT molecular complexity index is 981. The summed E-state index contributed by atoms with van der Waals surface area (Å²) in [5, 5.41) is 14.8. The smallest absolute Gasteiger partial charge is 0.221 e. The summed E-state index contributed by atoms with van der Waals surface area (Å²) in [5.74, 6) is -0.466. The van der Waals surface area contributed by atoms with Crippen LogP contribution in [0, 0.1) is 23.0 Å². The molecule has 2 heterocycles. The normalized spacial score (nSPS) is 21.1. The first-order valence-corrected chi connectivity index (χ1v) is 11.3. The number of hydrogen-bond donors (Lipinski definition) is 3. The number of hydrogen-bond acceptors (Lipinski definition) is 5. The quantitative estimate of drug-likeness (QED) is 0.367. The van der Waals surface area contributed by atoms with Gasteiger partial charge in [-0.15, -0.1) is 0 Å². The number of carbonyl (C=O) groups excluding carboxylic acids is 1. The van der Waals surface area contributed by atoms with Crippen LogP contribution in [0.25, 0.3) is 0 Å². The molecule has 0 spiro atoms. The van der Waals surface area contributed by atoms with Gasteiger partial charge in [-0.2, -0.15) is 0 Å². The van der Waals surface area contributed by atoms with Gasteiger partial charge in [0.2, 0.25) is 5.91 Å². The standard InChI is InChI=1S/C23H25F2N3O2S/c24-16-5-6-19(25)17(14-16)22(26)31-23(9-12-30-20-4-2-1-3-18(20)23)28-21(29)13-15-7-10-27-11-8-15/h1-6,14-15,26-27H,7-13H2,(H,28,29). The predicted molar refractivity (Wildman–Crippen MR) is 117 cm³/mol. The van der Waals surface area contributed by atoms with Crippen molar-refractivity contribution < 1.29 is 18.3 Å². The Kier molecular flexibility index (Phi) is 6.57. The van der Waals surface area contributed by atoms with Crippen LogP contribution in [0.1, 0.15) is 36.8 Å². The average molecular weight is 446 g/mol. The molecule has 2 aliphatic heterocycles. The molecular weight excluding hydrogens is 420 g/mol.